The van der Waals surface area contributed by atoms with Crippen molar-refractivity contribution in [3.8, 4) is 0 Å². The largest absolute Gasteiger partial charge is 2.00 e. The quantitative estimate of drug-likeness (QED) is 0.610. The zero-order valence-corrected chi connectivity index (χ0v) is 17.6. The van der Waals surface area contributed by atoms with E-state index < -0.39 is 0 Å². The molecule has 15 heavy (non-hydrogen) atoms. The van der Waals surface area contributed by atoms with Gasteiger partial charge in [0.05, 0.1) is 0 Å². The summed E-state index contributed by atoms with van der Waals surface area (Å²) >= 11 is 1.02. The van der Waals surface area contributed by atoms with Crippen molar-refractivity contribution in [1.29, 1.82) is 0 Å². The van der Waals surface area contributed by atoms with Gasteiger partial charge in [0.2, 0.25) is 30.4 Å². The molecule has 0 aromatic rings. The summed E-state index contributed by atoms with van der Waals surface area (Å²) in [5.41, 5.74) is 0. The van der Waals surface area contributed by atoms with Crippen LogP contribution in [-0.2, 0) is 0 Å². The Morgan fingerprint density at radius 1 is 0.533 bits per heavy atom. The van der Waals surface area contributed by atoms with E-state index in [1.807, 2.05) is 0 Å². The van der Waals surface area contributed by atoms with Crippen LogP contribution in [0.15, 0.2) is 0 Å². The summed E-state index contributed by atoms with van der Waals surface area (Å²) in [6.45, 7) is 0. The van der Waals surface area contributed by atoms with Gasteiger partial charge >= 0.3 is 75.5 Å². The maximum atomic E-state index is 1.64. The van der Waals surface area contributed by atoms with Crippen LogP contribution in [0.4, 0.5) is 0 Å². The molecular weight excluding hydrogens is 270 g/mol. The van der Waals surface area contributed by atoms with Crippen molar-refractivity contribution in [1.82, 2.24) is 0 Å². The van der Waals surface area contributed by atoms with Crippen LogP contribution >= 0.6 is 0 Å². The summed E-state index contributed by atoms with van der Waals surface area (Å²) in [7, 11) is 0. The van der Waals surface area contributed by atoms with Gasteiger partial charge < -0.3 is 11.2 Å². The molecule has 5 heteroatoms. The first kappa shape index (κ1) is 23.6. The molecule has 2 N–H and O–H groups in total. The van der Waals surface area contributed by atoms with Crippen LogP contribution < -0.4 is 0 Å². The zero-order chi connectivity index (χ0) is 8.49. The molecule has 0 atom stereocenters. The Hall–Kier alpha value is 3.54. The Morgan fingerprint density at radius 2 is 0.800 bits per heavy atom. The average molecular weight is 298 g/mol. The average Bonchev–Trinajstić information content (AvgIpc) is 2.24. The molecule has 0 saturated carbocycles. The van der Waals surface area contributed by atoms with Crippen molar-refractivity contribution in [2.75, 3.05) is 0 Å². The Bertz CT molecular complexity index is 78.5. The monoisotopic (exact) mass is 298 g/mol. The van der Waals surface area contributed by atoms with Crippen molar-refractivity contribution >= 4 is 106 Å². The fraction of sp³-hybridized carbons (Fsp3) is 1.00. The Kier molecular flexibility index (Phi) is 31.3. The Balaban J connectivity index is -0.0000000222. The van der Waals surface area contributed by atoms with Crippen LogP contribution in [0.1, 0.15) is 44.2 Å². The standard InChI is InChI=1S/2C5H10.2Al.2Ca.H2O.6H/c2*1-3-5-4-2;;;;;;;;;;;/h2*1-5H2;;;;;1H2;;;;;;/q;;;;2*+2;;;;4*-1. The van der Waals surface area contributed by atoms with E-state index in [0.717, 1.165) is 0 Å². The van der Waals surface area contributed by atoms with Crippen LogP contribution in [0.3, 0.4) is 0 Å². The van der Waals surface area contributed by atoms with Crippen LogP contribution in [0.25, 0.3) is 0 Å². The summed E-state index contributed by atoms with van der Waals surface area (Å²) in [5, 5.41) is 6.56. The van der Waals surface area contributed by atoms with Crippen LogP contribution in [0, 0.1) is 0 Å². The van der Waals surface area contributed by atoms with Crippen molar-refractivity contribution in [2.45, 2.75) is 59.7 Å². The molecule has 0 amide bonds. The molecule has 2 fully saturated rings. The first-order chi connectivity index (χ1) is 6.00. The van der Waals surface area contributed by atoms with E-state index >= 15 is 0 Å². The number of hydrogen-bond acceptors (Lipinski definition) is 0. The molecule has 1 nitrogen and oxygen atoms in total. The van der Waals surface area contributed by atoms with Gasteiger partial charge in [0.1, 0.15) is 0 Å². The fourth-order valence-corrected chi connectivity index (χ4v) is 5.66. The summed E-state index contributed by atoms with van der Waals surface area (Å²) in [4.78, 5) is 0. The first-order valence-electron chi connectivity index (χ1n) is 6.00. The van der Waals surface area contributed by atoms with E-state index in [4.69, 9.17) is 0 Å². The maximum Gasteiger partial charge on any atom is 2.00 e. The van der Waals surface area contributed by atoms with E-state index in [1.165, 1.54) is 12.8 Å². The maximum absolute atomic E-state index is 1.64. The van der Waals surface area contributed by atoms with Gasteiger partial charge in [-0.1, -0.05) is 59.7 Å². The van der Waals surface area contributed by atoms with E-state index in [2.05, 4.69) is 0 Å². The predicted octanol–water partition coefficient (Wildman–Crippen LogP) is 1.75. The van der Waals surface area contributed by atoms with Crippen molar-refractivity contribution in [3.63, 3.8) is 0 Å². The normalized spacial score (nSPS) is 18.1. The van der Waals surface area contributed by atoms with Gasteiger partial charge in [-0.15, -0.1) is 0 Å². The van der Waals surface area contributed by atoms with Gasteiger partial charge in [-0.2, -0.15) is 0 Å². The van der Waals surface area contributed by atoms with E-state index in [-0.39, 0.29) is 86.7 Å². The summed E-state index contributed by atoms with van der Waals surface area (Å²) in [5.74, 6) is 0. The molecule has 0 unspecified atom stereocenters. The third kappa shape index (κ3) is 17.5. The molecule has 84 valence electrons. The molecule has 0 aromatic carbocycles. The van der Waals surface area contributed by atoms with Crippen molar-refractivity contribution in [3.05, 3.63) is 0 Å². The molecular formula is C10H28Al2Ca2O. The molecule has 0 radical (unpaired) electrons. The van der Waals surface area contributed by atoms with Crippen LogP contribution in [-0.4, -0.2) is 111 Å². The molecule has 2 aliphatic rings. The molecule has 2 rings (SSSR count). The smallest absolute Gasteiger partial charge is 1.00 e. The van der Waals surface area contributed by atoms with Gasteiger partial charge in [-0.3, -0.25) is 0 Å². The van der Waals surface area contributed by atoms with Gasteiger partial charge in [0, 0.05) is 0 Å². The Morgan fingerprint density at radius 3 is 0.867 bits per heavy atom. The molecule has 0 bridgehead atoms. The SMILES string of the molecule is C1C[CH2][AlH][CH2]C1.C1C[CH2][AlH][CH2]C1.O.[Ca+2].[Ca+2].[H-].[H-].[H-].[H-]. The Labute approximate surface area is 174 Å². The first-order valence-corrected chi connectivity index (χ1v) is 10.00. The van der Waals surface area contributed by atoms with E-state index in [0.29, 0.717) is 30.4 Å². The third-order valence-electron chi connectivity index (χ3n) is 3.00. The second-order valence-electron chi connectivity index (χ2n) is 4.24. The summed E-state index contributed by atoms with van der Waals surface area (Å²) in [6, 6.07) is 0. The van der Waals surface area contributed by atoms with E-state index in [9.17, 15) is 0 Å². The van der Waals surface area contributed by atoms with Gasteiger partial charge in [-0.25, -0.2) is 0 Å². The van der Waals surface area contributed by atoms with Crippen LogP contribution in [0.2, 0.25) is 21.1 Å². The molecule has 0 spiro atoms. The minimum absolute atomic E-state index is 0. The minimum Gasteiger partial charge on any atom is -1.00 e. The van der Waals surface area contributed by atoms with Crippen LogP contribution in [0.5, 0.6) is 0 Å². The number of hydrogen-bond donors (Lipinski definition) is 0. The minimum atomic E-state index is 0. The topological polar surface area (TPSA) is 31.5 Å². The van der Waals surface area contributed by atoms with Crippen molar-refractivity contribution < 1.29 is 11.2 Å². The second-order valence-corrected chi connectivity index (χ2v) is 8.49. The molecule has 0 aliphatic carbocycles. The second kappa shape index (κ2) is 19.9. The fourth-order valence-electron chi connectivity index (χ4n) is 2.12. The van der Waals surface area contributed by atoms with Gasteiger partial charge in [-0.05, 0) is 0 Å². The van der Waals surface area contributed by atoms with E-state index in [1.54, 1.807) is 46.8 Å². The summed E-state index contributed by atoms with van der Waals surface area (Å²) < 4.78 is 0. The molecule has 2 saturated heterocycles. The van der Waals surface area contributed by atoms with Gasteiger partial charge in [0.15, 0.2) is 0 Å². The third-order valence-corrected chi connectivity index (χ3v) is 7.00. The van der Waals surface area contributed by atoms with Crippen molar-refractivity contribution in [2.24, 2.45) is 0 Å². The zero-order valence-electron chi connectivity index (χ0n) is 14.4. The van der Waals surface area contributed by atoms with Gasteiger partial charge in [0.25, 0.3) is 0 Å². The molecule has 2 heterocycles. The predicted molar refractivity (Wildman–Crippen MR) is 80.8 cm³/mol. The number of rotatable bonds is 0. The molecule has 0 aromatic heterocycles. The molecule has 2 aliphatic heterocycles. The summed E-state index contributed by atoms with van der Waals surface area (Å²) in [6.07, 6.45) is 9.32.